The fraction of sp³-hybridized carbons (Fsp3) is 0.500. The molecule has 16 heavy (non-hydrogen) atoms. The molecule has 86 valence electrons. The van der Waals surface area contributed by atoms with Gasteiger partial charge in [0.1, 0.15) is 0 Å². The molecule has 2 heteroatoms. The van der Waals surface area contributed by atoms with Crippen molar-refractivity contribution in [3.05, 3.63) is 35.4 Å². The zero-order valence-corrected chi connectivity index (χ0v) is 9.74. The molecular weight excluding hydrogens is 200 g/mol. The van der Waals surface area contributed by atoms with Crippen LogP contribution in [-0.2, 0) is 16.0 Å². The van der Waals surface area contributed by atoms with Crippen LogP contribution < -0.4 is 0 Å². The molecule has 1 aliphatic rings. The molecule has 0 amide bonds. The quantitative estimate of drug-likeness (QED) is 0.563. The van der Waals surface area contributed by atoms with Crippen molar-refractivity contribution in [2.75, 3.05) is 7.11 Å². The summed E-state index contributed by atoms with van der Waals surface area (Å²) in [5.74, 6) is 0.257. The molecule has 0 spiro atoms. The van der Waals surface area contributed by atoms with Gasteiger partial charge in [0.15, 0.2) is 0 Å². The van der Waals surface area contributed by atoms with E-state index >= 15 is 0 Å². The second-order valence-corrected chi connectivity index (χ2v) is 4.42. The number of rotatable bonds is 2. The van der Waals surface area contributed by atoms with Crippen LogP contribution in [0.3, 0.4) is 0 Å². The lowest BCUT2D eigenvalue weighted by Crippen LogP contribution is -2.09. The van der Waals surface area contributed by atoms with E-state index in [4.69, 9.17) is 4.74 Å². The van der Waals surface area contributed by atoms with E-state index in [2.05, 4.69) is 24.3 Å². The number of hydrogen-bond donors (Lipinski definition) is 0. The summed E-state index contributed by atoms with van der Waals surface area (Å²) in [7, 11) is 1.46. The molecule has 1 unspecified atom stereocenters. The van der Waals surface area contributed by atoms with Crippen LogP contribution in [0.2, 0.25) is 0 Å². The first-order valence-corrected chi connectivity index (χ1v) is 5.96. The van der Waals surface area contributed by atoms with Crippen LogP contribution in [-0.4, -0.2) is 13.1 Å². The Morgan fingerprint density at radius 2 is 2.19 bits per heavy atom. The number of esters is 1. The van der Waals surface area contributed by atoms with Crippen LogP contribution in [0.25, 0.3) is 0 Å². The monoisotopic (exact) mass is 218 g/mol. The maximum absolute atomic E-state index is 11.4. The first-order valence-electron chi connectivity index (χ1n) is 5.96. The lowest BCUT2D eigenvalue weighted by atomic mass is 9.90. The Labute approximate surface area is 96.6 Å². The van der Waals surface area contributed by atoms with Gasteiger partial charge in [0.05, 0.1) is 13.5 Å². The van der Waals surface area contributed by atoms with E-state index in [9.17, 15) is 4.79 Å². The van der Waals surface area contributed by atoms with Crippen molar-refractivity contribution < 1.29 is 9.53 Å². The summed E-state index contributed by atoms with van der Waals surface area (Å²) in [4.78, 5) is 11.4. The van der Waals surface area contributed by atoms with Gasteiger partial charge >= 0.3 is 5.97 Å². The van der Waals surface area contributed by atoms with E-state index in [-0.39, 0.29) is 5.97 Å². The number of carbonyl (C=O) groups is 1. The summed E-state index contributed by atoms with van der Waals surface area (Å²) >= 11 is 0. The highest BCUT2D eigenvalue weighted by atomic mass is 16.5. The number of aryl methyl sites for hydroxylation is 1. The minimum atomic E-state index is -0.0956. The topological polar surface area (TPSA) is 26.3 Å². The van der Waals surface area contributed by atoms with Crippen LogP contribution in [0.15, 0.2) is 24.3 Å². The summed E-state index contributed by atoms with van der Waals surface area (Å²) in [6.45, 7) is 0. The van der Waals surface area contributed by atoms with Gasteiger partial charge in [0.2, 0.25) is 0 Å². The SMILES string of the molecule is COC(=O)CC1CCCCc2ccccc21. The van der Waals surface area contributed by atoms with Crippen molar-refractivity contribution in [2.24, 2.45) is 0 Å². The van der Waals surface area contributed by atoms with Crippen LogP contribution in [0, 0.1) is 0 Å². The van der Waals surface area contributed by atoms with Crippen molar-refractivity contribution in [1.82, 2.24) is 0 Å². The molecule has 0 saturated carbocycles. The highest BCUT2D eigenvalue weighted by Crippen LogP contribution is 2.32. The average Bonchev–Trinajstić information content (AvgIpc) is 2.52. The Kier molecular flexibility index (Phi) is 3.60. The molecule has 0 aliphatic heterocycles. The van der Waals surface area contributed by atoms with Gasteiger partial charge in [-0.3, -0.25) is 4.79 Å². The number of benzene rings is 1. The van der Waals surface area contributed by atoms with Crippen molar-refractivity contribution in [3.63, 3.8) is 0 Å². The minimum absolute atomic E-state index is 0.0956. The van der Waals surface area contributed by atoms with Crippen LogP contribution >= 0.6 is 0 Å². The molecule has 0 fully saturated rings. The van der Waals surface area contributed by atoms with E-state index in [0.29, 0.717) is 12.3 Å². The van der Waals surface area contributed by atoms with Crippen LogP contribution in [0.5, 0.6) is 0 Å². The van der Waals surface area contributed by atoms with Crippen LogP contribution in [0.1, 0.15) is 42.7 Å². The van der Waals surface area contributed by atoms with Crippen LogP contribution in [0.4, 0.5) is 0 Å². The standard InChI is InChI=1S/C14H18O2/c1-16-14(15)10-12-8-3-2-6-11-7-4-5-9-13(11)12/h4-5,7,9,12H,2-3,6,8,10H2,1H3. The summed E-state index contributed by atoms with van der Waals surface area (Å²) in [5, 5.41) is 0. The van der Waals surface area contributed by atoms with Gasteiger partial charge < -0.3 is 4.74 Å². The highest BCUT2D eigenvalue weighted by molar-refractivity contribution is 5.70. The predicted octanol–water partition coefficient (Wildman–Crippen LogP) is 3.06. The second kappa shape index (κ2) is 5.15. The molecule has 0 radical (unpaired) electrons. The third-order valence-corrected chi connectivity index (χ3v) is 3.38. The van der Waals surface area contributed by atoms with E-state index in [1.165, 1.54) is 31.1 Å². The van der Waals surface area contributed by atoms with Gasteiger partial charge in [-0.2, -0.15) is 0 Å². The molecule has 1 aliphatic carbocycles. The molecule has 0 N–H and O–H groups in total. The van der Waals surface area contributed by atoms with Crippen molar-refractivity contribution >= 4 is 5.97 Å². The highest BCUT2D eigenvalue weighted by Gasteiger charge is 2.21. The van der Waals surface area contributed by atoms with Gasteiger partial charge in [-0.25, -0.2) is 0 Å². The first-order chi connectivity index (χ1) is 7.81. The Balaban J connectivity index is 2.22. The molecule has 2 rings (SSSR count). The maximum Gasteiger partial charge on any atom is 0.306 e. The van der Waals surface area contributed by atoms with Crippen molar-refractivity contribution in [3.8, 4) is 0 Å². The van der Waals surface area contributed by atoms with E-state index in [0.717, 1.165) is 12.8 Å². The Hall–Kier alpha value is -1.31. The summed E-state index contributed by atoms with van der Waals surface area (Å²) in [6, 6.07) is 8.49. The van der Waals surface area contributed by atoms with Crippen molar-refractivity contribution in [2.45, 2.75) is 38.0 Å². The normalized spacial score (nSPS) is 19.7. The number of ether oxygens (including phenoxy) is 1. The summed E-state index contributed by atoms with van der Waals surface area (Å²) < 4.78 is 4.77. The zero-order valence-electron chi connectivity index (χ0n) is 9.74. The fourth-order valence-corrected chi connectivity index (χ4v) is 2.52. The lowest BCUT2D eigenvalue weighted by molar-refractivity contribution is -0.141. The van der Waals surface area contributed by atoms with E-state index in [1.54, 1.807) is 0 Å². The molecule has 0 heterocycles. The largest absolute Gasteiger partial charge is 0.469 e. The van der Waals surface area contributed by atoms with Gasteiger partial charge in [-0.05, 0) is 36.3 Å². The molecule has 0 bridgehead atoms. The second-order valence-electron chi connectivity index (χ2n) is 4.42. The molecular formula is C14H18O2. The summed E-state index contributed by atoms with van der Waals surface area (Å²) in [6.07, 6.45) is 5.21. The third-order valence-electron chi connectivity index (χ3n) is 3.38. The van der Waals surface area contributed by atoms with Gasteiger partial charge in [-0.1, -0.05) is 30.7 Å². The minimum Gasteiger partial charge on any atom is -0.469 e. The fourth-order valence-electron chi connectivity index (χ4n) is 2.52. The zero-order chi connectivity index (χ0) is 11.4. The van der Waals surface area contributed by atoms with E-state index in [1.807, 2.05) is 0 Å². The number of methoxy groups -OCH3 is 1. The average molecular weight is 218 g/mol. The van der Waals surface area contributed by atoms with Gasteiger partial charge in [-0.15, -0.1) is 0 Å². The van der Waals surface area contributed by atoms with Crippen molar-refractivity contribution in [1.29, 1.82) is 0 Å². The summed E-state index contributed by atoms with van der Waals surface area (Å²) in [5.41, 5.74) is 2.76. The lowest BCUT2D eigenvalue weighted by Gasteiger charge is -2.16. The number of hydrogen-bond acceptors (Lipinski definition) is 2. The smallest absolute Gasteiger partial charge is 0.306 e. The maximum atomic E-state index is 11.4. The number of carbonyl (C=O) groups excluding carboxylic acids is 1. The van der Waals surface area contributed by atoms with Gasteiger partial charge in [0, 0.05) is 0 Å². The van der Waals surface area contributed by atoms with Gasteiger partial charge in [0.25, 0.3) is 0 Å². The Morgan fingerprint density at radius 1 is 1.38 bits per heavy atom. The Bertz CT molecular complexity index is 371. The molecule has 1 aromatic carbocycles. The Morgan fingerprint density at radius 3 is 3.00 bits per heavy atom. The van der Waals surface area contributed by atoms with E-state index < -0.39 is 0 Å². The molecule has 0 aromatic heterocycles. The third kappa shape index (κ3) is 2.43. The molecule has 2 nitrogen and oxygen atoms in total. The first kappa shape index (κ1) is 11.2. The predicted molar refractivity (Wildman–Crippen MR) is 63.4 cm³/mol. The molecule has 1 atom stereocenters. The molecule has 1 aromatic rings. The number of fused-ring (bicyclic) bond motifs is 1. The molecule has 0 saturated heterocycles.